The van der Waals surface area contributed by atoms with E-state index in [-0.39, 0.29) is 11.7 Å². The first-order chi connectivity index (χ1) is 16.0. The van der Waals surface area contributed by atoms with Crippen LogP contribution in [0.1, 0.15) is 85.8 Å². The van der Waals surface area contributed by atoms with E-state index >= 15 is 0 Å². The van der Waals surface area contributed by atoms with Crippen molar-refractivity contribution in [3.8, 4) is 23.6 Å². The molecular formula is C31H44FNO. The third-order valence-corrected chi connectivity index (χ3v) is 5.44. The van der Waals surface area contributed by atoms with E-state index in [9.17, 15) is 4.39 Å². The molecule has 2 aromatic rings. The zero-order valence-corrected chi connectivity index (χ0v) is 22.8. The highest BCUT2D eigenvalue weighted by atomic mass is 19.1. The normalized spacial score (nSPS) is 18.0. The van der Waals surface area contributed by atoms with E-state index in [1.807, 2.05) is 45.9 Å². The number of hydrogen-bond donors (Lipinski definition) is 0. The van der Waals surface area contributed by atoms with Gasteiger partial charge in [-0.1, -0.05) is 78.3 Å². The largest absolute Gasteiger partial charge is 0.364 e. The van der Waals surface area contributed by atoms with Gasteiger partial charge in [0.1, 0.15) is 11.4 Å². The highest BCUT2D eigenvalue weighted by molar-refractivity contribution is 5.60. The Morgan fingerprint density at radius 2 is 1.91 bits per heavy atom. The van der Waals surface area contributed by atoms with Gasteiger partial charge in [-0.15, -0.1) is 12.3 Å². The van der Waals surface area contributed by atoms with Gasteiger partial charge < -0.3 is 4.74 Å². The molecule has 0 bridgehead atoms. The predicted molar refractivity (Wildman–Crippen MR) is 144 cm³/mol. The van der Waals surface area contributed by atoms with Crippen molar-refractivity contribution in [1.82, 2.24) is 4.98 Å². The zero-order chi connectivity index (χ0) is 25.9. The monoisotopic (exact) mass is 465 g/mol. The summed E-state index contributed by atoms with van der Waals surface area (Å²) in [7, 11) is 0. The van der Waals surface area contributed by atoms with Gasteiger partial charge >= 0.3 is 0 Å². The lowest BCUT2D eigenvalue weighted by molar-refractivity contribution is 0.270. The van der Waals surface area contributed by atoms with Gasteiger partial charge in [0.05, 0.1) is 12.3 Å². The molecule has 2 nitrogen and oxygen atoms in total. The Bertz CT molecular complexity index is 956. The van der Waals surface area contributed by atoms with Crippen LogP contribution in [0.15, 0.2) is 48.2 Å². The molecule has 0 N–H and O–H groups in total. The van der Waals surface area contributed by atoms with Crippen LogP contribution >= 0.6 is 0 Å². The van der Waals surface area contributed by atoms with E-state index < -0.39 is 5.60 Å². The summed E-state index contributed by atoms with van der Waals surface area (Å²) in [6, 6.07) is 9.07. The Morgan fingerprint density at radius 1 is 1.26 bits per heavy atom. The number of allylic oxidation sites excluding steroid dienone is 2. The number of nitrogens with zero attached hydrogens (tertiary/aromatic N) is 1. The van der Waals surface area contributed by atoms with E-state index in [1.165, 1.54) is 24.5 Å². The Morgan fingerprint density at radius 3 is 2.35 bits per heavy atom. The lowest BCUT2D eigenvalue weighted by Gasteiger charge is -2.18. The number of terminal acetylenes is 1. The molecule has 0 radical (unpaired) electrons. The molecule has 1 fully saturated rings. The van der Waals surface area contributed by atoms with Crippen molar-refractivity contribution in [1.29, 1.82) is 0 Å². The van der Waals surface area contributed by atoms with Crippen molar-refractivity contribution in [3.63, 3.8) is 0 Å². The predicted octanol–water partition coefficient (Wildman–Crippen LogP) is 8.89. The number of halogens is 1. The van der Waals surface area contributed by atoms with Gasteiger partial charge in [-0.2, -0.15) is 0 Å². The number of hydrogen-bond acceptors (Lipinski definition) is 2. The third kappa shape index (κ3) is 9.43. The van der Waals surface area contributed by atoms with Gasteiger partial charge in [-0.05, 0) is 56.2 Å². The highest BCUT2D eigenvalue weighted by Crippen LogP contribution is 2.45. The smallest absolute Gasteiger partial charge is 0.130 e. The van der Waals surface area contributed by atoms with Crippen molar-refractivity contribution in [2.75, 3.05) is 6.61 Å². The maximum absolute atomic E-state index is 14.5. The summed E-state index contributed by atoms with van der Waals surface area (Å²) in [6.07, 6.45) is 12.6. The third-order valence-electron chi connectivity index (χ3n) is 5.44. The SMILES string of the molecule is C#CC(C)CC1(c2ccc(-c3ccc(C)cn3)cc2F)CO1.CC.CC/C=C(\C)CC(C)(C)C. The number of rotatable bonds is 6. The molecule has 1 aliphatic heterocycles. The summed E-state index contributed by atoms with van der Waals surface area (Å²) >= 11 is 0. The second kappa shape index (κ2) is 13.4. The number of pyridine rings is 1. The molecule has 1 aromatic carbocycles. The van der Waals surface area contributed by atoms with Crippen molar-refractivity contribution >= 4 is 0 Å². The van der Waals surface area contributed by atoms with Crippen LogP contribution in [-0.2, 0) is 10.3 Å². The number of aromatic nitrogens is 1. The molecule has 3 rings (SSSR count). The molecule has 2 unspecified atom stereocenters. The minimum atomic E-state index is -0.547. The van der Waals surface area contributed by atoms with Crippen molar-refractivity contribution in [2.24, 2.45) is 11.3 Å². The van der Waals surface area contributed by atoms with Gasteiger partial charge in [-0.3, -0.25) is 4.98 Å². The number of epoxide rings is 1. The quantitative estimate of drug-likeness (QED) is 0.242. The minimum Gasteiger partial charge on any atom is -0.364 e. The van der Waals surface area contributed by atoms with Gasteiger partial charge in [0.25, 0.3) is 0 Å². The lowest BCUT2D eigenvalue weighted by Crippen LogP contribution is -2.14. The molecule has 0 aliphatic carbocycles. The Balaban J connectivity index is 0.000000409. The van der Waals surface area contributed by atoms with E-state index in [2.05, 4.69) is 51.6 Å². The molecule has 1 aromatic heterocycles. The van der Waals surface area contributed by atoms with Crippen LogP contribution in [0.25, 0.3) is 11.3 Å². The molecule has 1 saturated heterocycles. The fourth-order valence-corrected chi connectivity index (χ4v) is 3.96. The molecule has 0 spiro atoms. The van der Waals surface area contributed by atoms with Crippen LogP contribution in [0, 0.1) is 36.4 Å². The van der Waals surface area contributed by atoms with E-state index in [0.717, 1.165) is 16.8 Å². The first-order valence-corrected chi connectivity index (χ1v) is 12.5. The molecule has 0 saturated carbocycles. The van der Waals surface area contributed by atoms with Crippen LogP contribution < -0.4 is 0 Å². The molecule has 3 heteroatoms. The average molecular weight is 466 g/mol. The second-order valence-electron chi connectivity index (χ2n) is 10.2. The fourth-order valence-electron chi connectivity index (χ4n) is 3.96. The van der Waals surface area contributed by atoms with Crippen molar-refractivity contribution in [3.05, 3.63) is 65.1 Å². The standard InChI is InChI=1S/C19H18FNO.C10H20.C2H6/c1-4-13(2)10-19(12-22-19)16-7-6-15(9-17(16)20)18-8-5-14(3)11-21-18;1-6-7-9(2)8-10(3,4)5;1-2/h1,5-9,11,13H,10,12H2,2-3H3;7H,6,8H2,1-5H3;1-2H3/b;9-7+;. The summed E-state index contributed by atoms with van der Waals surface area (Å²) in [6.45, 7) is 19.7. The Labute approximate surface area is 208 Å². The number of ether oxygens (including phenoxy) is 1. The average Bonchev–Trinajstić information content (AvgIpc) is 3.55. The number of benzene rings is 1. The zero-order valence-electron chi connectivity index (χ0n) is 22.8. The summed E-state index contributed by atoms with van der Waals surface area (Å²) in [4.78, 5) is 4.33. The Kier molecular flexibility index (Phi) is 11.7. The minimum absolute atomic E-state index is 0.0559. The molecular weight excluding hydrogens is 421 g/mol. The van der Waals surface area contributed by atoms with E-state index in [0.29, 0.717) is 24.0 Å². The molecule has 0 amide bonds. The molecule has 186 valence electrons. The fraction of sp³-hybridized carbons (Fsp3) is 0.516. The number of aryl methyl sites for hydroxylation is 1. The Hall–Kier alpha value is -2.44. The van der Waals surface area contributed by atoms with Crippen molar-refractivity contribution in [2.45, 2.75) is 87.2 Å². The molecule has 2 atom stereocenters. The second-order valence-corrected chi connectivity index (χ2v) is 10.2. The maximum Gasteiger partial charge on any atom is 0.130 e. The van der Waals surface area contributed by atoms with Crippen LogP contribution in [0.5, 0.6) is 0 Å². The topological polar surface area (TPSA) is 25.4 Å². The molecule has 1 aliphatic rings. The molecule has 34 heavy (non-hydrogen) atoms. The van der Waals surface area contributed by atoms with Gasteiger partial charge in [0, 0.05) is 23.2 Å². The first kappa shape index (κ1) is 29.6. The van der Waals surface area contributed by atoms with E-state index in [1.54, 1.807) is 12.3 Å². The van der Waals surface area contributed by atoms with Gasteiger partial charge in [0.15, 0.2) is 0 Å². The van der Waals surface area contributed by atoms with Crippen LogP contribution in [0.3, 0.4) is 0 Å². The van der Waals surface area contributed by atoms with E-state index in [4.69, 9.17) is 11.2 Å². The van der Waals surface area contributed by atoms with Crippen molar-refractivity contribution < 1.29 is 9.13 Å². The molecule has 2 heterocycles. The van der Waals surface area contributed by atoms with Crippen LogP contribution in [-0.4, -0.2) is 11.6 Å². The summed E-state index contributed by atoms with van der Waals surface area (Å²) in [5.41, 5.74) is 4.63. The van der Waals surface area contributed by atoms with Gasteiger partial charge in [0.2, 0.25) is 0 Å². The highest BCUT2D eigenvalue weighted by Gasteiger charge is 2.48. The van der Waals surface area contributed by atoms with Crippen LogP contribution in [0.4, 0.5) is 4.39 Å². The summed E-state index contributed by atoms with van der Waals surface area (Å²) in [5, 5.41) is 0. The maximum atomic E-state index is 14.5. The lowest BCUT2D eigenvalue weighted by atomic mass is 9.88. The summed E-state index contributed by atoms with van der Waals surface area (Å²) < 4.78 is 20.1. The summed E-state index contributed by atoms with van der Waals surface area (Å²) in [5.74, 6) is 2.47. The van der Waals surface area contributed by atoms with Crippen LogP contribution in [0.2, 0.25) is 0 Å². The van der Waals surface area contributed by atoms with Gasteiger partial charge in [-0.25, -0.2) is 4.39 Å². The first-order valence-electron chi connectivity index (χ1n) is 12.5.